The van der Waals surface area contributed by atoms with E-state index in [1.165, 1.54) is 13.8 Å². The molecule has 0 spiro atoms. The van der Waals surface area contributed by atoms with E-state index in [4.69, 9.17) is 4.74 Å². The summed E-state index contributed by atoms with van der Waals surface area (Å²) in [5.74, 6) is -0.530. The summed E-state index contributed by atoms with van der Waals surface area (Å²) in [6.45, 7) is 6.77. The van der Waals surface area contributed by atoms with Crippen molar-refractivity contribution in [1.29, 1.82) is 0 Å². The largest absolute Gasteiger partial charge is 0.478 e. The predicted molar refractivity (Wildman–Crippen MR) is 113 cm³/mol. The van der Waals surface area contributed by atoms with Crippen LogP contribution in [0.25, 0.3) is 16.2 Å². The minimum atomic E-state index is -1.32. The lowest BCUT2D eigenvalue weighted by Gasteiger charge is -2.24. The number of carboxylic acid groups (broad SMARTS) is 1. The first-order valence-electron chi connectivity index (χ1n) is 8.91. The van der Waals surface area contributed by atoms with Crippen molar-refractivity contribution >= 4 is 39.3 Å². The molecule has 144 valence electrons. The third kappa shape index (κ3) is 4.15. The van der Waals surface area contributed by atoms with Crippen molar-refractivity contribution in [2.24, 2.45) is 0 Å². The fraction of sp³-hybridized carbons (Fsp3) is 0.217. The van der Waals surface area contributed by atoms with Crippen LogP contribution < -0.4 is 4.74 Å². The number of benzene rings is 2. The van der Waals surface area contributed by atoms with Gasteiger partial charge in [-0.1, -0.05) is 6.08 Å². The third-order valence-corrected chi connectivity index (χ3v) is 5.42. The van der Waals surface area contributed by atoms with Crippen LogP contribution in [-0.4, -0.2) is 22.5 Å². The highest BCUT2D eigenvalue weighted by Gasteiger charge is 2.30. The summed E-state index contributed by atoms with van der Waals surface area (Å²) in [6.07, 6.45) is 3.33. The number of hydrogen-bond donors (Lipinski definition) is 1. The fourth-order valence-corrected chi connectivity index (χ4v) is 3.70. The molecule has 0 aliphatic rings. The topological polar surface area (TPSA) is 63.6 Å². The van der Waals surface area contributed by atoms with Crippen molar-refractivity contribution in [2.75, 3.05) is 0 Å². The van der Waals surface area contributed by atoms with Gasteiger partial charge in [0.25, 0.3) is 0 Å². The van der Waals surface area contributed by atoms with Gasteiger partial charge in [-0.25, -0.2) is 4.79 Å². The summed E-state index contributed by atoms with van der Waals surface area (Å²) in [5.41, 5.74) is 1.84. The Balaban J connectivity index is 1.82. The number of ketones is 1. The fourth-order valence-electron chi connectivity index (χ4n) is 2.93. The van der Waals surface area contributed by atoms with Gasteiger partial charge in [-0.05, 0) is 97.6 Å². The minimum Gasteiger partial charge on any atom is -0.478 e. The van der Waals surface area contributed by atoms with Crippen molar-refractivity contribution in [2.45, 2.75) is 33.3 Å². The molecule has 5 heteroatoms. The normalized spacial score (nSPS) is 11.9. The molecule has 0 amide bonds. The van der Waals surface area contributed by atoms with E-state index in [9.17, 15) is 14.7 Å². The second kappa shape index (κ2) is 7.60. The summed E-state index contributed by atoms with van der Waals surface area (Å²) in [4.78, 5) is 23.8. The first-order chi connectivity index (χ1) is 13.2. The smallest absolute Gasteiger partial charge is 0.347 e. The second-order valence-corrected chi connectivity index (χ2v) is 8.22. The lowest BCUT2D eigenvalue weighted by atomic mass is 10.0. The number of aryl methyl sites for hydroxylation is 2. The Bertz CT molecular complexity index is 1070. The molecule has 0 unspecified atom stereocenters. The number of carbonyl (C=O) groups is 2. The van der Waals surface area contributed by atoms with Crippen molar-refractivity contribution in [3.05, 3.63) is 70.1 Å². The Morgan fingerprint density at radius 3 is 2.39 bits per heavy atom. The number of hydrogen-bond acceptors (Lipinski definition) is 4. The standard InChI is InChI=1S/C23H22O4S/c1-14-11-16(12-15(2)21(14)27-23(3,4)22(25)26)5-7-19(24)17-6-8-20-18(13-17)9-10-28-20/h5-13H,1-4H3,(H,25,26). The molecule has 2 aromatic carbocycles. The van der Waals surface area contributed by atoms with Crippen LogP contribution in [0.15, 0.2) is 47.9 Å². The lowest BCUT2D eigenvalue weighted by Crippen LogP contribution is -2.38. The highest BCUT2D eigenvalue weighted by molar-refractivity contribution is 7.17. The van der Waals surface area contributed by atoms with E-state index in [-0.39, 0.29) is 5.78 Å². The van der Waals surface area contributed by atoms with Crippen LogP contribution in [0.2, 0.25) is 0 Å². The molecule has 0 fully saturated rings. The van der Waals surface area contributed by atoms with Gasteiger partial charge in [0, 0.05) is 10.3 Å². The van der Waals surface area contributed by atoms with Gasteiger partial charge in [0.05, 0.1) is 0 Å². The van der Waals surface area contributed by atoms with Crippen LogP contribution in [0.4, 0.5) is 0 Å². The van der Waals surface area contributed by atoms with Crippen molar-refractivity contribution < 1.29 is 19.4 Å². The van der Waals surface area contributed by atoms with Gasteiger partial charge in [0.1, 0.15) is 5.75 Å². The van der Waals surface area contributed by atoms with Gasteiger partial charge in [-0.15, -0.1) is 11.3 Å². The van der Waals surface area contributed by atoms with Gasteiger partial charge in [0.2, 0.25) is 0 Å². The third-order valence-electron chi connectivity index (χ3n) is 4.52. The second-order valence-electron chi connectivity index (χ2n) is 7.27. The first kappa shape index (κ1) is 19.8. The monoisotopic (exact) mass is 394 g/mol. The number of fused-ring (bicyclic) bond motifs is 1. The number of rotatable bonds is 6. The summed E-state index contributed by atoms with van der Waals surface area (Å²) in [5, 5.41) is 12.3. The molecule has 1 heterocycles. The van der Waals surface area contributed by atoms with Gasteiger partial charge < -0.3 is 9.84 Å². The lowest BCUT2D eigenvalue weighted by molar-refractivity contribution is -0.152. The molecule has 1 aromatic heterocycles. The van der Waals surface area contributed by atoms with Gasteiger partial charge >= 0.3 is 5.97 Å². The first-order valence-corrected chi connectivity index (χ1v) is 9.79. The van der Waals surface area contributed by atoms with Crippen LogP contribution in [0, 0.1) is 13.8 Å². The van der Waals surface area contributed by atoms with Crippen LogP contribution in [0.5, 0.6) is 5.75 Å². The number of ether oxygens (including phenoxy) is 1. The molecule has 28 heavy (non-hydrogen) atoms. The average molecular weight is 394 g/mol. The number of thiophene rings is 1. The van der Waals surface area contributed by atoms with Crippen molar-refractivity contribution in [3.63, 3.8) is 0 Å². The number of carbonyl (C=O) groups excluding carboxylic acids is 1. The SMILES string of the molecule is Cc1cc(C=CC(=O)c2ccc3sccc3c2)cc(C)c1OC(C)(C)C(=O)O. The Hall–Kier alpha value is -2.92. The Kier molecular flexibility index (Phi) is 5.38. The zero-order valence-electron chi connectivity index (χ0n) is 16.3. The van der Waals surface area contributed by atoms with Crippen LogP contribution >= 0.6 is 11.3 Å². The molecule has 3 rings (SSSR count). The van der Waals surface area contributed by atoms with Crippen molar-refractivity contribution in [3.8, 4) is 5.75 Å². The maximum absolute atomic E-state index is 12.5. The van der Waals surface area contributed by atoms with E-state index in [0.29, 0.717) is 11.3 Å². The molecule has 0 aliphatic heterocycles. The molecule has 3 aromatic rings. The zero-order chi connectivity index (χ0) is 20.5. The molecule has 4 nitrogen and oxygen atoms in total. The number of aliphatic carboxylic acids is 1. The van der Waals surface area contributed by atoms with E-state index < -0.39 is 11.6 Å². The van der Waals surface area contributed by atoms with Gasteiger partial charge in [-0.2, -0.15) is 0 Å². The summed E-state index contributed by atoms with van der Waals surface area (Å²) in [7, 11) is 0. The molecular weight excluding hydrogens is 372 g/mol. The van der Waals surface area contributed by atoms with Crippen LogP contribution in [0.1, 0.15) is 40.9 Å². The Labute approximate surface area is 168 Å². The van der Waals surface area contributed by atoms with Gasteiger partial charge in [-0.3, -0.25) is 4.79 Å². The Morgan fingerprint density at radius 2 is 1.75 bits per heavy atom. The maximum Gasteiger partial charge on any atom is 0.347 e. The number of carboxylic acids is 1. The zero-order valence-corrected chi connectivity index (χ0v) is 17.1. The van der Waals surface area contributed by atoms with E-state index in [0.717, 1.165) is 26.8 Å². The van der Waals surface area contributed by atoms with E-state index in [1.54, 1.807) is 23.5 Å². The molecular formula is C23H22O4S. The average Bonchev–Trinajstić information content (AvgIpc) is 3.10. The molecule has 0 saturated carbocycles. The summed E-state index contributed by atoms with van der Waals surface area (Å²) < 4.78 is 6.88. The van der Waals surface area contributed by atoms with E-state index >= 15 is 0 Å². The van der Waals surface area contributed by atoms with E-state index in [1.807, 2.05) is 55.6 Å². The minimum absolute atomic E-state index is 0.0595. The predicted octanol–water partition coefficient (Wildman–Crippen LogP) is 5.66. The summed E-state index contributed by atoms with van der Waals surface area (Å²) >= 11 is 1.65. The summed E-state index contributed by atoms with van der Waals surface area (Å²) in [6, 6.07) is 11.5. The van der Waals surface area contributed by atoms with Gasteiger partial charge in [0.15, 0.2) is 11.4 Å². The van der Waals surface area contributed by atoms with E-state index in [2.05, 4.69) is 0 Å². The molecule has 0 radical (unpaired) electrons. The molecule has 0 aliphatic carbocycles. The maximum atomic E-state index is 12.5. The molecule has 0 saturated heterocycles. The van der Waals surface area contributed by atoms with Crippen LogP contribution in [-0.2, 0) is 4.79 Å². The molecule has 1 N–H and O–H groups in total. The molecule has 0 atom stereocenters. The van der Waals surface area contributed by atoms with Crippen LogP contribution in [0.3, 0.4) is 0 Å². The Morgan fingerprint density at radius 1 is 1.07 bits per heavy atom. The highest BCUT2D eigenvalue weighted by atomic mass is 32.1. The van der Waals surface area contributed by atoms with Crippen molar-refractivity contribution in [1.82, 2.24) is 0 Å². The quantitative estimate of drug-likeness (QED) is 0.433. The highest BCUT2D eigenvalue weighted by Crippen LogP contribution is 2.29. The number of allylic oxidation sites excluding steroid dienone is 1. The molecule has 0 bridgehead atoms.